The molecule has 0 spiro atoms. The number of rotatable bonds is 8. The molecule has 1 heterocycles. The normalized spacial score (nSPS) is 22.8. The number of nitrogens with two attached hydrogens (primary N) is 1. The lowest BCUT2D eigenvalue weighted by Crippen LogP contribution is -2.46. The van der Waals surface area contributed by atoms with Crippen molar-refractivity contribution in [3.05, 3.63) is 0 Å². The fraction of sp³-hybridized carbons (Fsp3) is 1.00. The molecule has 1 saturated heterocycles. The predicted octanol–water partition coefficient (Wildman–Crippen LogP) is -0.0819. The molecular weight excluding hydrogens is 266 g/mol. The van der Waals surface area contributed by atoms with E-state index in [1.54, 1.807) is 0 Å². The Morgan fingerprint density at radius 1 is 1.16 bits per heavy atom. The van der Waals surface area contributed by atoms with Crippen molar-refractivity contribution in [2.24, 2.45) is 17.6 Å². The highest BCUT2D eigenvalue weighted by atomic mass is 32.2. The smallest absolute Gasteiger partial charge is 0.279 e. The van der Waals surface area contributed by atoms with Crippen LogP contribution >= 0.6 is 0 Å². The minimum atomic E-state index is -3.34. The van der Waals surface area contributed by atoms with E-state index in [0.29, 0.717) is 44.6 Å². The van der Waals surface area contributed by atoms with Gasteiger partial charge in [-0.05, 0) is 44.1 Å². The first kappa shape index (κ1) is 15.2. The van der Waals surface area contributed by atoms with Gasteiger partial charge in [-0.2, -0.15) is 17.4 Å². The molecule has 0 amide bonds. The highest BCUT2D eigenvalue weighted by Crippen LogP contribution is 2.28. The molecule has 2 rings (SSSR count). The monoisotopic (exact) mass is 291 g/mol. The SMILES string of the molecule is NCC1CCN(S(=O)(=O)NCCOCC2CC2)CC1. The van der Waals surface area contributed by atoms with E-state index in [1.165, 1.54) is 17.1 Å². The van der Waals surface area contributed by atoms with Crippen molar-refractivity contribution in [3.8, 4) is 0 Å². The Bertz CT molecular complexity index is 362. The predicted molar refractivity (Wildman–Crippen MR) is 73.8 cm³/mol. The second-order valence-corrected chi connectivity index (χ2v) is 7.25. The Kier molecular flexibility index (Phi) is 5.58. The summed E-state index contributed by atoms with van der Waals surface area (Å²) in [6.45, 7) is 3.36. The molecule has 0 aromatic carbocycles. The third-order valence-electron chi connectivity index (χ3n) is 3.83. The molecule has 0 atom stereocenters. The van der Waals surface area contributed by atoms with E-state index in [1.807, 2.05) is 0 Å². The number of piperidine rings is 1. The maximum Gasteiger partial charge on any atom is 0.279 e. The van der Waals surface area contributed by atoms with Crippen molar-refractivity contribution < 1.29 is 13.2 Å². The van der Waals surface area contributed by atoms with Crippen LogP contribution in [0.25, 0.3) is 0 Å². The van der Waals surface area contributed by atoms with Gasteiger partial charge in [0.05, 0.1) is 6.61 Å². The molecule has 19 heavy (non-hydrogen) atoms. The van der Waals surface area contributed by atoms with Crippen LogP contribution < -0.4 is 10.5 Å². The number of ether oxygens (including phenoxy) is 1. The topological polar surface area (TPSA) is 84.7 Å². The van der Waals surface area contributed by atoms with E-state index in [4.69, 9.17) is 10.5 Å². The van der Waals surface area contributed by atoms with Gasteiger partial charge in [-0.25, -0.2) is 0 Å². The Balaban J connectivity index is 1.63. The summed E-state index contributed by atoms with van der Waals surface area (Å²) >= 11 is 0. The van der Waals surface area contributed by atoms with Crippen molar-refractivity contribution >= 4 is 10.2 Å². The minimum Gasteiger partial charge on any atom is -0.380 e. The van der Waals surface area contributed by atoms with Crippen molar-refractivity contribution in [3.63, 3.8) is 0 Å². The fourth-order valence-corrected chi connectivity index (χ4v) is 3.47. The largest absolute Gasteiger partial charge is 0.380 e. The van der Waals surface area contributed by atoms with Crippen LogP contribution in [0, 0.1) is 11.8 Å². The second-order valence-electron chi connectivity index (χ2n) is 5.50. The molecule has 1 aliphatic heterocycles. The summed E-state index contributed by atoms with van der Waals surface area (Å²) in [5.74, 6) is 1.18. The molecule has 6 nitrogen and oxygen atoms in total. The van der Waals surface area contributed by atoms with Crippen LogP contribution in [0.4, 0.5) is 0 Å². The molecule has 2 aliphatic rings. The highest BCUT2D eigenvalue weighted by molar-refractivity contribution is 7.87. The van der Waals surface area contributed by atoms with E-state index in [-0.39, 0.29) is 0 Å². The Morgan fingerprint density at radius 3 is 2.42 bits per heavy atom. The lowest BCUT2D eigenvalue weighted by molar-refractivity contribution is 0.129. The number of nitrogens with zero attached hydrogens (tertiary/aromatic N) is 1. The molecule has 7 heteroatoms. The van der Waals surface area contributed by atoms with Gasteiger partial charge in [-0.15, -0.1) is 0 Å². The van der Waals surface area contributed by atoms with Gasteiger partial charge in [0, 0.05) is 26.2 Å². The van der Waals surface area contributed by atoms with Crippen molar-refractivity contribution in [2.45, 2.75) is 25.7 Å². The summed E-state index contributed by atoms with van der Waals surface area (Å²) < 4.78 is 33.6. The first-order chi connectivity index (χ1) is 9.12. The third kappa shape index (κ3) is 5.00. The minimum absolute atomic E-state index is 0.353. The van der Waals surface area contributed by atoms with Gasteiger partial charge < -0.3 is 10.5 Å². The summed E-state index contributed by atoms with van der Waals surface area (Å²) in [5.41, 5.74) is 5.60. The van der Waals surface area contributed by atoms with Crippen LogP contribution in [0.5, 0.6) is 0 Å². The van der Waals surface area contributed by atoms with Gasteiger partial charge in [0.15, 0.2) is 0 Å². The van der Waals surface area contributed by atoms with Crippen LogP contribution in [0.3, 0.4) is 0 Å². The van der Waals surface area contributed by atoms with Gasteiger partial charge in [-0.1, -0.05) is 0 Å². The molecule has 0 aromatic rings. The Hall–Kier alpha value is -0.210. The van der Waals surface area contributed by atoms with Crippen LogP contribution in [0.2, 0.25) is 0 Å². The molecule has 112 valence electrons. The number of hydrogen-bond donors (Lipinski definition) is 2. The van der Waals surface area contributed by atoms with Gasteiger partial charge in [0.2, 0.25) is 0 Å². The highest BCUT2D eigenvalue weighted by Gasteiger charge is 2.27. The van der Waals surface area contributed by atoms with Gasteiger partial charge in [0.25, 0.3) is 10.2 Å². The standard InChI is InChI=1S/C12H25N3O3S/c13-9-11-3-6-15(7-4-11)19(16,17)14-5-8-18-10-12-1-2-12/h11-12,14H,1-10,13H2. The van der Waals surface area contributed by atoms with E-state index in [2.05, 4.69) is 4.72 Å². The first-order valence-electron chi connectivity index (χ1n) is 7.14. The molecule has 3 N–H and O–H groups in total. The molecule has 0 unspecified atom stereocenters. The van der Waals surface area contributed by atoms with E-state index in [0.717, 1.165) is 19.4 Å². The van der Waals surface area contributed by atoms with Crippen LogP contribution in [0.15, 0.2) is 0 Å². The summed E-state index contributed by atoms with van der Waals surface area (Å²) in [7, 11) is -3.34. The van der Waals surface area contributed by atoms with Gasteiger partial charge in [0.1, 0.15) is 0 Å². The Labute approximate surface area is 115 Å². The zero-order valence-electron chi connectivity index (χ0n) is 11.4. The van der Waals surface area contributed by atoms with Crippen molar-refractivity contribution in [1.82, 2.24) is 9.03 Å². The summed E-state index contributed by atoms with van der Waals surface area (Å²) in [5, 5.41) is 0. The molecule has 1 saturated carbocycles. The first-order valence-corrected chi connectivity index (χ1v) is 8.58. The quantitative estimate of drug-likeness (QED) is 0.613. The number of hydrogen-bond acceptors (Lipinski definition) is 4. The Morgan fingerprint density at radius 2 is 1.84 bits per heavy atom. The lowest BCUT2D eigenvalue weighted by atomic mass is 9.99. The maximum absolute atomic E-state index is 12.0. The number of nitrogens with one attached hydrogen (secondary N) is 1. The zero-order chi connectivity index (χ0) is 13.7. The van der Waals surface area contributed by atoms with Crippen LogP contribution in [-0.2, 0) is 14.9 Å². The van der Waals surface area contributed by atoms with Crippen LogP contribution in [0.1, 0.15) is 25.7 Å². The molecule has 0 aromatic heterocycles. The van der Waals surface area contributed by atoms with E-state index in [9.17, 15) is 8.42 Å². The molecule has 1 aliphatic carbocycles. The average molecular weight is 291 g/mol. The van der Waals surface area contributed by atoms with Gasteiger partial charge in [-0.3, -0.25) is 0 Å². The van der Waals surface area contributed by atoms with Gasteiger partial charge >= 0.3 is 0 Å². The molecule has 0 bridgehead atoms. The molecule has 2 fully saturated rings. The van der Waals surface area contributed by atoms with E-state index < -0.39 is 10.2 Å². The summed E-state index contributed by atoms with van der Waals surface area (Å²) in [6.07, 6.45) is 4.22. The second kappa shape index (κ2) is 6.99. The van der Waals surface area contributed by atoms with Crippen molar-refractivity contribution in [1.29, 1.82) is 0 Å². The average Bonchev–Trinajstić information content (AvgIpc) is 3.22. The molecule has 0 radical (unpaired) electrons. The van der Waals surface area contributed by atoms with Crippen molar-refractivity contribution in [2.75, 3.05) is 39.4 Å². The zero-order valence-corrected chi connectivity index (χ0v) is 12.2. The summed E-state index contributed by atoms with van der Waals surface area (Å²) in [4.78, 5) is 0. The van der Waals surface area contributed by atoms with E-state index >= 15 is 0 Å². The fourth-order valence-electron chi connectivity index (χ4n) is 2.25. The maximum atomic E-state index is 12.0. The third-order valence-corrected chi connectivity index (χ3v) is 5.44. The lowest BCUT2D eigenvalue weighted by Gasteiger charge is -2.30. The summed E-state index contributed by atoms with van der Waals surface area (Å²) in [6, 6.07) is 0. The van der Waals surface area contributed by atoms with Crippen LogP contribution in [-0.4, -0.2) is 52.1 Å². The molecular formula is C12H25N3O3S.